The molecule has 0 radical (unpaired) electrons. The molecule has 1 heterocycles. The van der Waals surface area contributed by atoms with E-state index in [1.54, 1.807) is 6.07 Å². The van der Waals surface area contributed by atoms with E-state index in [0.717, 1.165) is 27.7 Å². The lowest BCUT2D eigenvalue weighted by Crippen LogP contribution is -2.37. The third kappa shape index (κ3) is 2.90. The van der Waals surface area contributed by atoms with E-state index in [2.05, 4.69) is 68.0 Å². The number of para-hydroxylation sites is 2. The Hall–Kier alpha value is -3.03. The van der Waals surface area contributed by atoms with Gasteiger partial charge in [-0.25, -0.2) is 0 Å². The number of rotatable bonds is 3. The number of hydrogen-bond donors (Lipinski definition) is 0. The van der Waals surface area contributed by atoms with Crippen LogP contribution in [0, 0.1) is 11.3 Å². The smallest absolute Gasteiger partial charge is 0.159 e. The maximum absolute atomic E-state index is 9.39. The summed E-state index contributed by atoms with van der Waals surface area (Å²) in [6.45, 7) is 7.06. The molecule has 0 amide bonds. The highest BCUT2D eigenvalue weighted by Crippen LogP contribution is 2.37. The van der Waals surface area contributed by atoms with Gasteiger partial charge in [-0.2, -0.15) is 5.26 Å². The van der Waals surface area contributed by atoms with Gasteiger partial charge in [-0.1, -0.05) is 61.2 Å². The number of benzene rings is 3. The Kier molecular flexibility index (Phi) is 4.05. The quantitative estimate of drug-likeness (QED) is 0.430. The summed E-state index contributed by atoms with van der Waals surface area (Å²) in [5.41, 5.74) is 4.15. The van der Waals surface area contributed by atoms with Crippen molar-refractivity contribution in [2.75, 3.05) is 11.9 Å². The number of nitriles is 1. The van der Waals surface area contributed by atoms with Crippen molar-refractivity contribution in [3.8, 4) is 6.07 Å². The second-order valence-electron chi connectivity index (χ2n) is 7.91. The largest absolute Gasteiger partial charge is 0.452 e. The molecule has 0 fully saturated rings. The first-order valence-electron chi connectivity index (χ1n) is 9.09. The fourth-order valence-electron chi connectivity index (χ4n) is 3.48. The Balaban J connectivity index is 1.85. The fourth-order valence-corrected chi connectivity index (χ4v) is 4.65. The van der Waals surface area contributed by atoms with E-state index in [9.17, 15) is 5.26 Å². The van der Waals surface area contributed by atoms with E-state index in [4.69, 9.17) is 4.42 Å². The molecule has 0 saturated carbocycles. The van der Waals surface area contributed by atoms with Gasteiger partial charge in [0.2, 0.25) is 0 Å². The summed E-state index contributed by atoms with van der Waals surface area (Å²) in [5, 5.41) is 12.8. The van der Waals surface area contributed by atoms with E-state index in [0.29, 0.717) is 11.1 Å². The topological polar surface area (TPSA) is 40.2 Å². The maximum atomic E-state index is 9.39. The molecule has 0 aliphatic carbocycles. The van der Waals surface area contributed by atoms with E-state index < -0.39 is 8.07 Å². The molecule has 0 unspecified atom stereocenters. The number of nitrogens with zero attached hydrogens (tertiary/aromatic N) is 2. The van der Waals surface area contributed by atoms with Crippen LogP contribution in [-0.2, 0) is 0 Å². The van der Waals surface area contributed by atoms with Crippen molar-refractivity contribution >= 4 is 46.6 Å². The molecule has 0 aliphatic heterocycles. The molecule has 4 rings (SSSR count). The minimum absolute atomic E-state index is 0.566. The Bertz CT molecular complexity index is 1180. The van der Waals surface area contributed by atoms with E-state index in [1.807, 2.05) is 24.3 Å². The standard InChI is InChI=1S/C23H22N2OSi/c1-25(17-11-13-18(14-12-17)27(2,3)4)21-10-6-9-20-19-8-5-7-16(15-24)22(19)26-23(20)21/h5-14H,1-4H3. The molecule has 3 aromatic carbocycles. The summed E-state index contributed by atoms with van der Waals surface area (Å²) in [7, 11) is 0.738. The van der Waals surface area contributed by atoms with Gasteiger partial charge in [0.15, 0.2) is 11.2 Å². The molecule has 0 bridgehead atoms. The molecular weight excluding hydrogens is 348 g/mol. The van der Waals surface area contributed by atoms with Crippen LogP contribution in [-0.4, -0.2) is 15.1 Å². The van der Waals surface area contributed by atoms with Gasteiger partial charge in [-0.05, 0) is 24.3 Å². The molecule has 0 saturated heterocycles. The molecule has 0 atom stereocenters. The highest BCUT2D eigenvalue weighted by atomic mass is 28.3. The second-order valence-corrected chi connectivity index (χ2v) is 13.0. The Labute approximate surface area is 160 Å². The monoisotopic (exact) mass is 370 g/mol. The van der Waals surface area contributed by atoms with Gasteiger partial charge in [0.1, 0.15) is 6.07 Å². The number of fused-ring (bicyclic) bond motifs is 3. The van der Waals surface area contributed by atoms with Crippen molar-refractivity contribution in [1.29, 1.82) is 5.26 Å². The summed E-state index contributed by atoms with van der Waals surface area (Å²) in [5.74, 6) is 0. The minimum Gasteiger partial charge on any atom is -0.452 e. The lowest BCUT2D eigenvalue weighted by Gasteiger charge is -2.22. The van der Waals surface area contributed by atoms with Crippen LogP contribution >= 0.6 is 0 Å². The van der Waals surface area contributed by atoms with Gasteiger partial charge in [-0.3, -0.25) is 0 Å². The van der Waals surface area contributed by atoms with Crippen LogP contribution in [0.4, 0.5) is 11.4 Å². The van der Waals surface area contributed by atoms with Crippen LogP contribution in [0.5, 0.6) is 0 Å². The van der Waals surface area contributed by atoms with Crippen molar-refractivity contribution in [2.45, 2.75) is 19.6 Å². The first-order valence-corrected chi connectivity index (χ1v) is 12.6. The van der Waals surface area contributed by atoms with Crippen molar-refractivity contribution < 1.29 is 4.42 Å². The average Bonchev–Trinajstić information content (AvgIpc) is 3.05. The Morgan fingerprint density at radius 2 is 1.48 bits per heavy atom. The van der Waals surface area contributed by atoms with Crippen LogP contribution < -0.4 is 10.1 Å². The summed E-state index contributed by atoms with van der Waals surface area (Å²) < 4.78 is 6.17. The molecule has 3 nitrogen and oxygen atoms in total. The van der Waals surface area contributed by atoms with Crippen molar-refractivity contribution in [3.63, 3.8) is 0 Å². The maximum Gasteiger partial charge on any atom is 0.159 e. The molecule has 0 N–H and O–H groups in total. The summed E-state index contributed by atoms with van der Waals surface area (Å²) in [6.07, 6.45) is 0. The molecule has 4 heteroatoms. The van der Waals surface area contributed by atoms with Crippen LogP contribution in [0.3, 0.4) is 0 Å². The second kappa shape index (κ2) is 6.29. The first kappa shape index (κ1) is 17.4. The highest BCUT2D eigenvalue weighted by molar-refractivity contribution is 6.88. The number of hydrogen-bond acceptors (Lipinski definition) is 3. The molecule has 0 aliphatic rings. The van der Waals surface area contributed by atoms with E-state index in [-0.39, 0.29) is 0 Å². The molecule has 134 valence electrons. The van der Waals surface area contributed by atoms with E-state index >= 15 is 0 Å². The normalized spacial score (nSPS) is 11.7. The van der Waals surface area contributed by atoms with Crippen molar-refractivity contribution in [3.05, 3.63) is 66.2 Å². The van der Waals surface area contributed by atoms with Gasteiger partial charge in [-0.15, -0.1) is 0 Å². The molecule has 0 spiro atoms. The van der Waals surface area contributed by atoms with Gasteiger partial charge in [0.05, 0.1) is 19.3 Å². The fraction of sp³-hybridized carbons (Fsp3) is 0.174. The summed E-state index contributed by atoms with van der Waals surface area (Å²) in [6, 6.07) is 22.9. The number of furan rings is 1. The summed E-state index contributed by atoms with van der Waals surface area (Å²) in [4.78, 5) is 2.14. The zero-order chi connectivity index (χ0) is 19.2. The zero-order valence-electron chi connectivity index (χ0n) is 16.1. The van der Waals surface area contributed by atoms with Crippen molar-refractivity contribution in [2.24, 2.45) is 0 Å². The average molecular weight is 371 g/mol. The first-order chi connectivity index (χ1) is 12.9. The number of anilines is 2. The van der Waals surface area contributed by atoms with Gasteiger partial charge in [0, 0.05) is 23.5 Å². The molecule has 4 aromatic rings. The van der Waals surface area contributed by atoms with Crippen molar-refractivity contribution in [1.82, 2.24) is 0 Å². The van der Waals surface area contributed by atoms with Crippen LogP contribution in [0.1, 0.15) is 5.56 Å². The third-order valence-corrected chi connectivity index (χ3v) is 7.17. The lowest BCUT2D eigenvalue weighted by molar-refractivity contribution is 0.667. The van der Waals surface area contributed by atoms with E-state index in [1.165, 1.54) is 5.19 Å². The predicted octanol–water partition coefficient (Wildman–Crippen LogP) is 5.77. The van der Waals surface area contributed by atoms with Gasteiger partial charge in [0.25, 0.3) is 0 Å². The van der Waals surface area contributed by atoms with Gasteiger partial charge >= 0.3 is 0 Å². The predicted molar refractivity (Wildman–Crippen MR) is 116 cm³/mol. The lowest BCUT2D eigenvalue weighted by atomic mass is 10.1. The van der Waals surface area contributed by atoms with Crippen LogP contribution in [0.2, 0.25) is 19.6 Å². The highest BCUT2D eigenvalue weighted by Gasteiger charge is 2.18. The van der Waals surface area contributed by atoms with Gasteiger partial charge < -0.3 is 9.32 Å². The minimum atomic E-state index is -1.31. The van der Waals surface area contributed by atoms with Crippen LogP contribution in [0.25, 0.3) is 21.9 Å². The molecule has 27 heavy (non-hydrogen) atoms. The summed E-state index contributed by atoms with van der Waals surface area (Å²) >= 11 is 0. The Morgan fingerprint density at radius 1 is 0.852 bits per heavy atom. The Morgan fingerprint density at radius 3 is 2.11 bits per heavy atom. The zero-order valence-corrected chi connectivity index (χ0v) is 17.1. The third-order valence-electron chi connectivity index (χ3n) is 5.11. The molecular formula is C23H22N2OSi. The SMILES string of the molecule is CN(c1ccc([Si](C)(C)C)cc1)c1cccc2c1oc1c(C#N)cccc12. The van der Waals surface area contributed by atoms with Crippen LogP contribution in [0.15, 0.2) is 65.1 Å². The molecule has 1 aromatic heterocycles.